The third kappa shape index (κ3) is 3.49. The Kier molecular flexibility index (Phi) is 5.46. The SMILES string of the molecule is CCc1nn(CC)c(CS(=O)c2ccc(N)cc2Br)c1Cl. The van der Waals surface area contributed by atoms with Gasteiger partial charge in [0, 0.05) is 16.7 Å². The second-order valence-electron chi connectivity index (χ2n) is 4.56. The molecule has 2 N–H and O–H groups in total. The molecule has 0 saturated carbocycles. The molecule has 21 heavy (non-hydrogen) atoms. The summed E-state index contributed by atoms with van der Waals surface area (Å²) >= 11 is 9.76. The van der Waals surface area contributed by atoms with Gasteiger partial charge in [-0.25, -0.2) is 0 Å². The molecular formula is C14H17BrClN3OS. The number of rotatable bonds is 5. The van der Waals surface area contributed by atoms with Gasteiger partial charge >= 0.3 is 0 Å². The van der Waals surface area contributed by atoms with E-state index in [4.69, 9.17) is 17.3 Å². The summed E-state index contributed by atoms with van der Waals surface area (Å²) in [6.07, 6.45) is 0.761. The van der Waals surface area contributed by atoms with E-state index in [1.807, 2.05) is 18.5 Å². The van der Waals surface area contributed by atoms with Crippen LogP contribution in [0.1, 0.15) is 25.2 Å². The molecule has 114 valence electrons. The quantitative estimate of drug-likeness (QED) is 0.790. The molecule has 0 amide bonds. The maximum atomic E-state index is 12.6. The molecule has 1 aromatic carbocycles. The van der Waals surface area contributed by atoms with Crippen molar-refractivity contribution in [1.29, 1.82) is 0 Å². The van der Waals surface area contributed by atoms with Gasteiger partial charge in [0.05, 0.1) is 37.9 Å². The third-order valence-corrected chi connectivity index (χ3v) is 5.90. The Balaban J connectivity index is 2.33. The average Bonchev–Trinajstić information content (AvgIpc) is 2.75. The van der Waals surface area contributed by atoms with Crippen LogP contribution in [0.2, 0.25) is 5.02 Å². The van der Waals surface area contributed by atoms with Crippen molar-refractivity contribution in [2.75, 3.05) is 5.73 Å². The molecule has 0 bridgehead atoms. The van der Waals surface area contributed by atoms with Gasteiger partial charge in [0.25, 0.3) is 0 Å². The molecule has 1 atom stereocenters. The van der Waals surface area contributed by atoms with E-state index >= 15 is 0 Å². The lowest BCUT2D eigenvalue weighted by molar-refractivity contribution is 0.623. The summed E-state index contributed by atoms with van der Waals surface area (Å²) in [6, 6.07) is 5.27. The van der Waals surface area contributed by atoms with E-state index in [0.717, 1.165) is 22.3 Å². The average molecular weight is 391 g/mol. The van der Waals surface area contributed by atoms with Crippen LogP contribution in [0, 0.1) is 0 Å². The van der Waals surface area contributed by atoms with E-state index < -0.39 is 10.8 Å². The highest BCUT2D eigenvalue weighted by atomic mass is 79.9. The van der Waals surface area contributed by atoms with Crippen molar-refractivity contribution >= 4 is 44.0 Å². The Morgan fingerprint density at radius 1 is 1.43 bits per heavy atom. The molecule has 1 aromatic heterocycles. The molecule has 0 aliphatic carbocycles. The highest BCUT2D eigenvalue weighted by Crippen LogP contribution is 2.28. The van der Waals surface area contributed by atoms with Crippen molar-refractivity contribution in [2.24, 2.45) is 0 Å². The third-order valence-electron chi connectivity index (χ3n) is 3.16. The molecule has 0 fully saturated rings. The zero-order valence-electron chi connectivity index (χ0n) is 11.9. The zero-order valence-corrected chi connectivity index (χ0v) is 15.1. The lowest BCUT2D eigenvalue weighted by atomic mass is 10.3. The number of benzene rings is 1. The van der Waals surface area contributed by atoms with E-state index in [0.29, 0.717) is 27.9 Å². The minimum absolute atomic E-state index is 0.336. The molecule has 2 rings (SSSR count). The number of hydrogen-bond acceptors (Lipinski definition) is 3. The van der Waals surface area contributed by atoms with Crippen LogP contribution < -0.4 is 5.73 Å². The van der Waals surface area contributed by atoms with Crippen LogP contribution >= 0.6 is 27.5 Å². The van der Waals surface area contributed by atoms with Crippen LogP contribution in [-0.4, -0.2) is 14.0 Å². The van der Waals surface area contributed by atoms with Crippen LogP contribution in [0.5, 0.6) is 0 Å². The number of aromatic nitrogens is 2. The summed E-state index contributed by atoms with van der Waals surface area (Å²) in [6.45, 7) is 4.70. The van der Waals surface area contributed by atoms with Crippen LogP contribution in [0.3, 0.4) is 0 Å². The summed E-state index contributed by atoms with van der Waals surface area (Å²) in [5.74, 6) is 0.336. The number of halogens is 2. The Morgan fingerprint density at radius 3 is 2.71 bits per heavy atom. The Labute approximate surface area is 140 Å². The van der Waals surface area contributed by atoms with Gasteiger partial charge in [0.15, 0.2) is 0 Å². The predicted octanol–water partition coefficient (Wildman–Crippen LogP) is 3.77. The first-order chi connectivity index (χ1) is 9.97. The van der Waals surface area contributed by atoms with Gasteiger partial charge in [-0.1, -0.05) is 18.5 Å². The highest BCUT2D eigenvalue weighted by Gasteiger charge is 2.18. The zero-order chi connectivity index (χ0) is 15.6. The normalized spacial score (nSPS) is 12.6. The van der Waals surface area contributed by atoms with Crippen molar-refractivity contribution in [3.63, 3.8) is 0 Å². The fourth-order valence-corrected chi connectivity index (χ4v) is 4.61. The Morgan fingerprint density at radius 2 is 2.14 bits per heavy atom. The van der Waals surface area contributed by atoms with E-state index in [2.05, 4.69) is 21.0 Å². The van der Waals surface area contributed by atoms with Crippen LogP contribution in [0.4, 0.5) is 5.69 Å². The molecule has 0 radical (unpaired) electrons. The molecule has 0 saturated heterocycles. The number of nitrogen functional groups attached to an aromatic ring is 1. The van der Waals surface area contributed by atoms with Crippen molar-refractivity contribution in [3.05, 3.63) is 39.1 Å². The molecule has 2 aromatic rings. The van der Waals surface area contributed by atoms with E-state index in [1.165, 1.54) is 0 Å². The first kappa shape index (κ1) is 16.5. The lowest BCUT2D eigenvalue weighted by Gasteiger charge is -2.08. The van der Waals surface area contributed by atoms with Gasteiger partial charge in [-0.15, -0.1) is 0 Å². The van der Waals surface area contributed by atoms with E-state index in [9.17, 15) is 4.21 Å². The smallest absolute Gasteiger partial charge is 0.0859 e. The second-order valence-corrected chi connectivity index (χ2v) is 7.21. The van der Waals surface area contributed by atoms with Crippen molar-refractivity contribution < 1.29 is 4.21 Å². The van der Waals surface area contributed by atoms with Crippen molar-refractivity contribution in [1.82, 2.24) is 9.78 Å². The van der Waals surface area contributed by atoms with Gasteiger partial charge in [-0.2, -0.15) is 5.10 Å². The fourth-order valence-electron chi connectivity index (χ4n) is 2.06. The number of nitrogens with zero attached hydrogens (tertiary/aromatic N) is 2. The summed E-state index contributed by atoms with van der Waals surface area (Å²) < 4.78 is 15.2. The standard InChI is InChI=1S/C14H17BrClN3OS/c1-3-11-14(16)12(19(4-2)18-11)8-21(20)13-6-5-9(17)7-10(13)15/h5-7H,3-4,8,17H2,1-2H3. The van der Waals surface area contributed by atoms with Crippen LogP contribution in [0.25, 0.3) is 0 Å². The number of hydrogen-bond donors (Lipinski definition) is 1. The van der Waals surface area contributed by atoms with Gasteiger partial charge in [0.2, 0.25) is 0 Å². The minimum Gasteiger partial charge on any atom is -0.399 e. The maximum absolute atomic E-state index is 12.6. The first-order valence-electron chi connectivity index (χ1n) is 6.65. The molecule has 4 nitrogen and oxygen atoms in total. The molecule has 0 spiro atoms. The van der Waals surface area contributed by atoms with Gasteiger partial charge in [-0.3, -0.25) is 8.89 Å². The number of anilines is 1. The van der Waals surface area contributed by atoms with Gasteiger partial charge < -0.3 is 5.73 Å². The molecule has 1 unspecified atom stereocenters. The van der Waals surface area contributed by atoms with E-state index in [1.54, 1.807) is 18.2 Å². The largest absolute Gasteiger partial charge is 0.399 e. The summed E-state index contributed by atoms with van der Waals surface area (Å²) in [4.78, 5) is 0.710. The summed E-state index contributed by atoms with van der Waals surface area (Å²) in [7, 11) is -1.21. The summed E-state index contributed by atoms with van der Waals surface area (Å²) in [5.41, 5.74) is 8.01. The van der Waals surface area contributed by atoms with Crippen molar-refractivity contribution in [2.45, 2.75) is 37.5 Å². The predicted molar refractivity (Wildman–Crippen MR) is 91.0 cm³/mol. The molecule has 0 aliphatic rings. The minimum atomic E-state index is -1.21. The monoisotopic (exact) mass is 389 g/mol. The lowest BCUT2D eigenvalue weighted by Crippen LogP contribution is -2.07. The van der Waals surface area contributed by atoms with Crippen LogP contribution in [-0.2, 0) is 29.5 Å². The number of nitrogens with two attached hydrogens (primary N) is 1. The van der Waals surface area contributed by atoms with Gasteiger partial charge in [0.1, 0.15) is 0 Å². The topological polar surface area (TPSA) is 60.9 Å². The maximum Gasteiger partial charge on any atom is 0.0859 e. The highest BCUT2D eigenvalue weighted by molar-refractivity contribution is 9.10. The molecule has 7 heteroatoms. The number of aryl methyl sites for hydroxylation is 2. The first-order valence-corrected chi connectivity index (χ1v) is 9.14. The Bertz CT molecular complexity index is 687. The molecule has 1 heterocycles. The van der Waals surface area contributed by atoms with Crippen LogP contribution in [0.15, 0.2) is 27.6 Å². The summed E-state index contributed by atoms with van der Waals surface area (Å²) in [5, 5.41) is 5.07. The Hall–Kier alpha value is -0.850. The van der Waals surface area contributed by atoms with Gasteiger partial charge in [-0.05, 0) is 47.5 Å². The second kappa shape index (κ2) is 6.94. The molecular weight excluding hydrogens is 374 g/mol. The molecule has 0 aliphatic heterocycles. The van der Waals surface area contributed by atoms with Crippen molar-refractivity contribution in [3.8, 4) is 0 Å². The fraction of sp³-hybridized carbons (Fsp3) is 0.357. The van der Waals surface area contributed by atoms with E-state index in [-0.39, 0.29) is 0 Å².